The second-order valence-corrected chi connectivity index (χ2v) is 8.52. The van der Waals surface area contributed by atoms with Crippen LogP contribution >= 0.6 is 0 Å². The van der Waals surface area contributed by atoms with E-state index in [1.54, 1.807) is 19.1 Å². The van der Waals surface area contributed by atoms with Gasteiger partial charge in [0.05, 0.1) is 24.2 Å². The first-order chi connectivity index (χ1) is 13.8. The van der Waals surface area contributed by atoms with Gasteiger partial charge in [-0.05, 0) is 43.2 Å². The van der Waals surface area contributed by atoms with Gasteiger partial charge in [0.15, 0.2) is 11.5 Å². The summed E-state index contributed by atoms with van der Waals surface area (Å²) in [5.74, 6) is 0.0252. The Balaban J connectivity index is 1.63. The van der Waals surface area contributed by atoms with Crippen LogP contribution in [0.5, 0.6) is 11.5 Å². The molecule has 0 radical (unpaired) electrons. The third kappa shape index (κ3) is 5.24. The van der Waals surface area contributed by atoms with E-state index in [2.05, 4.69) is 10.0 Å². The Morgan fingerprint density at radius 3 is 2.59 bits per heavy atom. The van der Waals surface area contributed by atoms with Crippen LogP contribution in [0.15, 0.2) is 41.3 Å². The van der Waals surface area contributed by atoms with E-state index >= 15 is 0 Å². The zero-order valence-electron chi connectivity index (χ0n) is 16.2. The van der Waals surface area contributed by atoms with E-state index in [0.29, 0.717) is 36.7 Å². The minimum atomic E-state index is -3.94. The summed E-state index contributed by atoms with van der Waals surface area (Å²) in [7, 11) is -3.94. The van der Waals surface area contributed by atoms with Gasteiger partial charge < -0.3 is 14.8 Å². The third-order valence-electron chi connectivity index (χ3n) is 4.44. The predicted octanol–water partition coefficient (Wildman–Crippen LogP) is 2.28. The van der Waals surface area contributed by atoms with Crippen LogP contribution in [0.4, 0.5) is 4.39 Å². The standard InChI is InChI=1S/C20H23FN2O5S/c1-13-10-15(4-6-17(13)21)12-22-20(24)14(2)23-29(25,26)16-5-7-18-19(11-16)28-9-3-8-27-18/h4-7,10-11,14,23H,3,8-9,12H2,1-2H3,(H,22,24)/t14-/m0/s1. The van der Waals surface area contributed by atoms with Crippen molar-refractivity contribution in [3.63, 3.8) is 0 Å². The van der Waals surface area contributed by atoms with E-state index in [0.717, 1.165) is 5.56 Å². The third-order valence-corrected chi connectivity index (χ3v) is 5.98. The minimum Gasteiger partial charge on any atom is -0.490 e. The molecule has 0 saturated heterocycles. The molecule has 2 aromatic rings. The topological polar surface area (TPSA) is 93.7 Å². The van der Waals surface area contributed by atoms with Crippen molar-refractivity contribution in [3.05, 3.63) is 53.3 Å². The van der Waals surface area contributed by atoms with Gasteiger partial charge in [0, 0.05) is 19.0 Å². The number of halogens is 1. The molecule has 2 aromatic carbocycles. The smallest absolute Gasteiger partial charge is 0.241 e. The van der Waals surface area contributed by atoms with Gasteiger partial charge >= 0.3 is 0 Å². The summed E-state index contributed by atoms with van der Waals surface area (Å²) >= 11 is 0. The van der Waals surface area contributed by atoms with Crippen LogP contribution < -0.4 is 19.5 Å². The molecule has 0 saturated carbocycles. The quantitative estimate of drug-likeness (QED) is 0.745. The largest absolute Gasteiger partial charge is 0.490 e. The fraction of sp³-hybridized carbons (Fsp3) is 0.350. The van der Waals surface area contributed by atoms with Crippen LogP contribution in [0.2, 0.25) is 0 Å². The van der Waals surface area contributed by atoms with Crippen molar-refractivity contribution < 1.29 is 27.1 Å². The molecule has 3 rings (SSSR count). The predicted molar refractivity (Wildman–Crippen MR) is 105 cm³/mol. The molecule has 0 aromatic heterocycles. The Kier molecular flexibility index (Phi) is 6.39. The molecule has 0 fully saturated rings. The molecule has 29 heavy (non-hydrogen) atoms. The summed E-state index contributed by atoms with van der Waals surface area (Å²) < 4.78 is 52.0. The lowest BCUT2D eigenvalue weighted by atomic mass is 10.1. The minimum absolute atomic E-state index is 0.0180. The maximum Gasteiger partial charge on any atom is 0.241 e. The van der Waals surface area contributed by atoms with Crippen LogP contribution in [0.25, 0.3) is 0 Å². The lowest BCUT2D eigenvalue weighted by Crippen LogP contribution is -2.44. The molecule has 1 aliphatic rings. The summed E-state index contributed by atoms with van der Waals surface area (Å²) in [5.41, 5.74) is 1.19. The Morgan fingerprint density at radius 1 is 1.14 bits per heavy atom. The molecular formula is C20H23FN2O5S. The number of amides is 1. The molecule has 1 amide bonds. The Bertz CT molecular complexity index is 1010. The summed E-state index contributed by atoms with van der Waals surface area (Å²) in [6.45, 7) is 4.18. The number of carbonyl (C=O) groups is 1. The number of fused-ring (bicyclic) bond motifs is 1. The molecule has 0 spiro atoms. The molecule has 0 bridgehead atoms. The average Bonchev–Trinajstić information content (AvgIpc) is 2.93. The summed E-state index contributed by atoms with van der Waals surface area (Å²) in [5, 5.41) is 2.64. The molecule has 9 heteroatoms. The molecule has 0 aliphatic carbocycles. The van der Waals surface area contributed by atoms with Gasteiger partial charge in [0.25, 0.3) is 0 Å². The van der Waals surface area contributed by atoms with Gasteiger partial charge in [0.2, 0.25) is 15.9 Å². The molecule has 156 valence electrons. The molecule has 1 atom stereocenters. The zero-order valence-corrected chi connectivity index (χ0v) is 17.0. The van der Waals surface area contributed by atoms with E-state index in [-0.39, 0.29) is 17.3 Å². The van der Waals surface area contributed by atoms with Gasteiger partial charge in [-0.1, -0.05) is 12.1 Å². The first-order valence-corrected chi connectivity index (χ1v) is 10.7. The fourth-order valence-electron chi connectivity index (χ4n) is 2.82. The van der Waals surface area contributed by atoms with E-state index in [1.807, 2.05) is 0 Å². The lowest BCUT2D eigenvalue weighted by Gasteiger charge is -2.16. The summed E-state index contributed by atoms with van der Waals surface area (Å²) in [6, 6.07) is 7.84. The summed E-state index contributed by atoms with van der Waals surface area (Å²) in [6.07, 6.45) is 0.708. The van der Waals surface area contributed by atoms with E-state index in [4.69, 9.17) is 9.47 Å². The first kappa shape index (κ1) is 21.1. The number of hydrogen-bond acceptors (Lipinski definition) is 5. The number of aryl methyl sites for hydroxylation is 1. The van der Waals surface area contributed by atoms with Crippen molar-refractivity contribution in [1.82, 2.24) is 10.0 Å². The fourth-order valence-corrected chi connectivity index (χ4v) is 4.04. The van der Waals surface area contributed by atoms with E-state index in [1.165, 1.54) is 31.2 Å². The molecule has 1 heterocycles. The number of sulfonamides is 1. The van der Waals surface area contributed by atoms with Crippen LogP contribution in [-0.4, -0.2) is 33.6 Å². The molecular weight excluding hydrogens is 399 g/mol. The summed E-state index contributed by atoms with van der Waals surface area (Å²) in [4.78, 5) is 12.3. The number of nitrogens with one attached hydrogen (secondary N) is 2. The highest BCUT2D eigenvalue weighted by molar-refractivity contribution is 7.89. The number of rotatable bonds is 6. The number of ether oxygens (including phenoxy) is 2. The molecule has 1 aliphatic heterocycles. The first-order valence-electron chi connectivity index (χ1n) is 9.21. The van der Waals surface area contributed by atoms with Crippen LogP contribution in [-0.2, 0) is 21.4 Å². The van der Waals surface area contributed by atoms with Crippen molar-refractivity contribution in [2.24, 2.45) is 0 Å². The van der Waals surface area contributed by atoms with Crippen molar-refractivity contribution in [2.45, 2.75) is 37.8 Å². The highest BCUT2D eigenvalue weighted by atomic mass is 32.2. The number of benzene rings is 2. The Hall–Kier alpha value is -2.65. The van der Waals surface area contributed by atoms with Crippen molar-refractivity contribution in [1.29, 1.82) is 0 Å². The van der Waals surface area contributed by atoms with Gasteiger partial charge in [-0.3, -0.25) is 4.79 Å². The van der Waals surface area contributed by atoms with Crippen molar-refractivity contribution in [3.8, 4) is 11.5 Å². The molecule has 0 unspecified atom stereocenters. The SMILES string of the molecule is Cc1cc(CNC(=O)[C@H](C)NS(=O)(=O)c2ccc3c(c2)OCCCO3)ccc1F. The normalized spacial score (nSPS) is 14.7. The van der Waals surface area contributed by atoms with E-state index in [9.17, 15) is 17.6 Å². The average molecular weight is 422 g/mol. The van der Waals surface area contributed by atoms with Crippen molar-refractivity contribution >= 4 is 15.9 Å². The van der Waals surface area contributed by atoms with Gasteiger partial charge in [-0.25, -0.2) is 12.8 Å². The monoisotopic (exact) mass is 422 g/mol. The zero-order chi connectivity index (χ0) is 21.0. The van der Waals surface area contributed by atoms with Crippen molar-refractivity contribution in [2.75, 3.05) is 13.2 Å². The van der Waals surface area contributed by atoms with Crippen LogP contribution in [0.1, 0.15) is 24.5 Å². The van der Waals surface area contributed by atoms with Crippen LogP contribution in [0, 0.1) is 12.7 Å². The van der Waals surface area contributed by atoms with Gasteiger partial charge in [-0.2, -0.15) is 4.72 Å². The van der Waals surface area contributed by atoms with Gasteiger partial charge in [0.1, 0.15) is 5.82 Å². The highest BCUT2D eigenvalue weighted by Crippen LogP contribution is 2.31. The maximum atomic E-state index is 13.3. The molecule has 7 nitrogen and oxygen atoms in total. The number of hydrogen-bond donors (Lipinski definition) is 2. The van der Waals surface area contributed by atoms with E-state index < -0.39 is 22.0 Å². The highest BCUT2D eigenvalue weighted by Gasteiger charge is 2.24. The Morgan fingerprint density at radius 2 is 1.86 bits per heavy atom. The lowest BCUT2D eigenvalue weighted by molar-refractivity contribution is -0.122. The number of carbonyl (C=O) groups excluding carboxylic acids is 1. The maximum absolute atomic E-state index is 13.3. The Labute approximate surface area is 169 Å². The second kappa shape index (κ2) is 8.79. The van der Waals surface area contributed by atoms with Crippen LogP contribution in [0.3, 0.4) is 0 Å². The second-order valence-electron chi connectivity index (χ2n) is 6.80. The molecule has 2 N–H and O–H groups in total. The van der Waals surface area contributed by atoms with Gasteiger partial charge in [-0.15, -0.1) is 0 Å².